The molecule has 3 rings (SSSR count). The van der Waals surface area contributed by atoms with Gasteiger partial charge in [0.25, 0.3) is 5.91 Å². The summed E-state index contributed by atoms with van der Waals surface area (Å²) < 4.78 is 5.76. The number of para-hydroxylation sites is 2. The summed E-state index contributed by atoms with van der Waals surface area (Å²) in [6.45, 7) is 6.79. The first-order chi connectivity index (χ1) is 12.5. The van der Waals surface area contributed by atoms with Gasteiger partial charge >= 0.3 is 0 Å². The monoisotopic (exact) mass is 351 g/mol. The van der Waals surface area contributed by atoms with Gasteiger partial charge in [0.05, 0.1) is 11.0 Å². The van der Waals surface area contributed by atoms with Crippen LogP contribution in [0.1, 0.15) is 36.7 Å². The molecule has 0 atom stereocenters. The number of hydrogen-bond acceptors (Lipinski definition) is 3. The van der Waals surface area contributed by atoms with E-state index in [1.54, 1.807) is 0 Å². The van der Waals surface area contributed by atoms with Crippen molar-refractivity contribution < 1.29 is 9.53 Å². The van der Waals surface area contributed by atoms with E-state index in [-0.39, 0.29) is 12.5 Å². The molecular formula is C21H25N3O2. The SMILES string of the molecule is Cc1ccc(C(C)C)c(OCC(=O)NCCc2nc3ccccc3[nH]2)c1. The van der Waals surface area contributed by atoms with E-state index < -0.39 is 0 Å². The molecule has 1 heterocycles. The molecule has 1 amide bonds. The summed E-state index contributed by atoms with van der Waals surface area (Å²) in [6, 6.07) is 14.0. The molecule has 5 heteroatoms. The number of carbonyl (C=O) groups excluding carboxylic acids is 1. The third-order valence-electron chi connectivity index (χ3n) is 4.27. The zero-order valence-corrected chi connectivity index (χ0v) is 15.5. The number of rotatable bonds is 7. The third-order valence-corrected chi connectivity index (χ3v) is 4.27. The minimum Gasteiger partial charge on any atom is -0.483 e. The van der Waals surface area contributed by atoms with Crippen molar-refractivity contribution in [2.24, 2.45) is 0 Å². The summed E-state index contributed by atoms with van der Waals surface area (Å²) in [5.74, 6) is 1.87. The van der Waals surface area contributed by atoms with Crippen molar-refractivity contribution in [3.8, 4) is 5.75 Å². The number of carbonyl (C=O) groups is 1. The van der Waals surface area contributed by atoms with Crippen molar-refractivity contribution in [1.82, 2.24) is 15.3 Å². The first-order valence-electron chi connectivity index (χ1n) is 8.96. The highest BCUT2D eigenvalue weighted by Gasteiger charge is 2.10. The van der Waals surface area contributed by atoms with Crippen molar-refractivity contribution in [3.63, 3.8) is 0 Å². The number of nitrogens with zero attached hydrogens (tertiary/aromatic N) is 1. The van der Waals surface area contributed by atoms with Crippen molar-refractivity contribution in [2.75, 3.05) is 13.2 Å². The molecule has 0 fully saturated rings. The zero-order chi connectivity index (χ0) is 18.5. The number of nitrogens with one attached hydrogen (secondary N) is 2. The van der Waals surface area contributed by atoms with E-state index >= 15 is 0 Å². The first-order valence-corrected chi connectivity index (χ1v) is 8.96. The smallest absolute Gasteiger partial charge is 0.257 e. The Kier molecular flexibility index (Phi) is 5.56. The standard InChI is InChI=1S/C21H25N3O2/c1-14(2)16-9-8-15(3)12-19(16)26-13-21(25)22-11-10-20-23-17-6-4-5-7-18(17)24-20/h4-9,12,14H,10-11,13H2,1-3H3,(H,22,25)(H,23,24). The van der Waals surface area contributed by atoms with Gasteiger partial charge in [0.1, 0.15) is 11.6 Å². The molecule has 0 saturated carbocycles. The fraction of sp³-hybridized carbons (Fsp3) is 0.333. The molecule has 0 spiro atoms. The molecule has 0 unspecified atom stereocenters. The number of H-pyrrole nitrogens is 1. The number of hydrogen-bond donors (Lipinski definition) is 2. The maximum atomic E-state index is 12.1. The van der Waals surface area contributed by atoms with Gasteiger partial charge < -0.3 is 15.0 Å². The Morgan fingerprint density at radius 3 is 2.81 bits per heavy atom. The van der Waals surface area contributed by atoms with Crippen LogP contribution in [0.5, 0.6) is 5.75 Å². The van der Waals surface area contributed by atoms with Crippen molar-refractivity contribution in [3.05, 3.63) is 59.4 Å². The lowest BCUT2D eigenvalue weighted by Gasteiger charge is -2.14. The fourth-order valence-electron chi connectivity index (χ4n) is 2.88. The van der Waals surface area contributed by atoms with E-state index in [0.717, 1.165) is 33.7 Å². The summed E-state index contributed by atoms with van der Waals surface area (Å²) in [4.78, 5) is 19.8. The molecule has 0 aliphatic carbocycles. The van der Waals surface area contributed by atoms with E-state index in [1.807, 2.05) is 37.3 Å². The molecule has 0 aliphatic rings. The quantitative estimate of drug-likeness (QED) is 0.681. The van der Waals surface area contributed by atoms with Crippen LogP contribution in [0.25, 0.3) is 11.0 Å². The van der Waals surface area contributed by atoms with Gasteiger partial charge in [-0.25, -0.2) is 4.98 Å². The fourth-order valence-corrected chi connectivity index (χ4v) is 2.88. The molecule has 0 aliphatic heterocycles. The van der Waals surface area contributed by atoms with Crippen LogP contribution >= 0.6 is 0 Å². The minimum absolute atomic E-state index is 0.0172. The summed E-state index contributed by atoms with van der Waals surface area (Å²) >= 11 is 0. The van der Waals surface area contributed by atoms with Gasteiger partial charge in [-0.3, -0.25) is 4.79 Å². The number of fused-ring (bicyclic) bond motifs is 1. The maximum absolute atomic E-state index is 12.1. The summed E-state index contributed by atoms with van der Waals surface area (Å²) in [5, 5.41) is 2.89. The number of benzene rings is 2. The van der Waals surface area contributed by atoms with E-state index in [0.29, 0.717) is 18.9 Å². The minimum atomic E-state index is -0.127. The Bertz CT molecular complexity index is 866. The molecule has 0 radical (unpaired) electrons. The average molecular weight is 351 g/mol. The third kappa shape index (κ3) is 4.42. The molecule has 1 aromatic heterocycles. The van der Waals surface area contributed by atoms with Gasteiger partial charge in [-0.2, -0.15) is 0 Å². The highest BCUT2D eigenvalue weighted by Crippen LogP contribution is 2.27. The zero-order valence-electron chi connectivity index (χ0n) is 15.5. The largest absolute Gasteiger partial charge is 0.483 e. The van der Waals surface area contributed by atoms with Crippen molar-refractivity contribution in [1.29, 1.82) is 0 Å². The van der Waals surface area contributed by atoms with E-state index in [9.17, 15) is 4.79 Å². The molecule has 136 valence electrons. The average Bonchev–Trinajstić information content (AvgIpc) is 3.02. The molecule has 2 N–H and O–H groups in total. The Morgan fingerprint density at radius 2 is 2.04 bits per heavy atom. The highest BCUT2D eigenvalue weighted by atomic mass is 16.5. The second-order valence-corrected chi connectivity index (χ2v) is 6.79. The van der Waals surface area contributed by atoms with Crippen LogP contribution in [0.2, 0.25) is 0 Å². The van der Waals surface area contributed by atoms with E-state index in [4.69, 9.17) is 4.74 Å². The lowest BCUT2D eigenvalue weighted by Crippen LogP contribution is -2.30. The second kappa shape index (κ2) is 8.04. The van der Waals surface area contributed by atoms with Gasteiger partial charge in [-0.15, -0.1) is 0 Å². The van der Waals surface area contributed by atoms with Gasteiger partial charge in [0.2, 0.25) is 0 Å². The molecule has 5 nitrogen and oxygen atoms in total. The topological polar surface area (TPSA) is 67.0 Å². The number of aryl methyl sites for hydroxylation is 1. The van der Waals surface area contributed by atoms with Gasteiger partial charge in [-0.05, 0) is 42.2 Å². The molecule has 0 saturated heterocycles. The Morgan fingerprint density at radius 1 is 1.23 bits per heavy atom. The van der Waals surface area contributed by atoms with Crippen molar-refractivity contribution >= 4 is 16.9 Å². The number of aromatic nitrogens is 2. The normalized spacial score (nSPS) is 11.1. The first kappa shape index (κ1) is 18.0. The Balaban J connectivity index is 1.49. The lowest BCUT2D eigenvalue weighted by molar-refractivity contribution is -0.123. The molecular weight excluding hydrogens is 326 g/mol. The maximum Gasteiger partial charge on any atom is 0.257 e. The highest BCUT2D eigenvalue weighted by molar-refractivity contribution is 5.77. The van der Waals surface area contributed by atoms with E-state index in [1.165, 1.54) is 0 Å². The van der Waals surface area contributed by atoms with Crippen molar-refractivity contribution in [2.45, 2.75) is 33.1 Å². The number of imidazole rings is 1. The Labute approximate surface area is 153 Å². The number of ether oxygens (including phenoxy) is 1. The summed E-state index contributed by atoms with van der Waals surface area (Å²) in [5.41, 5.74) is 4.19. The number of amides is 1. The van der Waals surface area contributed by atoms with Gasteiger partial charge in [0, 0.05) is 13.0 Å². The van der Waals surface area contributed by atoms with Crippen LogP contribution in [-0.2, 0) is 11.2 Å². The summed E-state index contributed by atoms with van der Waals surface area (Å²) in [7, 11) is 0. The van der Waals surface area contributed by atoms with Gasteiger partial charge in [0.15, 0.2) is 6.61 Å². The molecule has 0 bridgehead atoms. The molecule has 3 aromatic rings. The van der Waals surface area contributed by atoms with Crippen LogP contribution in [0.15, 0.2) is 42.5 Å². The molecule has 2 aromatic carbocycles. The van der Waals surface area contributed by atoms with Crippen LogP contribution in [-0.4, -0.2) is 29.0 Å². The van der Waals surface area contributed by atoms with E-state index in [2.05, 4.69) is 41.3 Å². The van der Waals surface area contributed by atoms with Crippen LogP contribution in [0, 0.1) is 6.92 Å². The lowest BCUT2D eigenvalue weighted by atomic mass is 10.0. The summed E-state index contributed by atoms with van der Waals surface area (Å²) in [6.07, 6.45) is 0.655. The predicted octanol–water partition coefficient (Wildman–Crippen LogP) is 3.73. The number of aromatic amines is 1. The predicted molar refractivity (Wildman–Crippen MR) is 104 cm³/mol. The second-order valence-electron chi connectivity index (χ2n) is 6.79. The van der Waals surface area contributed by atoms with Crippen LogP contribution < -0.4 is 10.1 Å². The molecule has 26 heavy (non-hydrogen) atoms. The van der Waals surface area contributed by atoms with Crippen LogP contribution in [0.4, 0.5) is 0 Å². The van der Waals surface area contributed by atoms with Crippen LogP contribution in [0.3, 0.4) is 0 Å². The van der Waals surface area contributed by atoms with Gasteiger partial charge in [-0.1, -0.05) is 38.1 Å². The Hall–Kier alpha value is -2.82.